The SMILES string of the molecule is CC1(C)C(Nc2ccccc2SC(F)F)C2CCOC21. The smallest absolute Gasteiger partial charge is 0.288 e. The summed E-state index contributed by atoms with van der Waals surface area (Å²) in [4.78, 5) is 0.612. The maximum Gasteiger partial charge on any atom is 0.288 e. The number of hydrogen-bond acceptors (Lipinski definition) is 3. The van der Waals surface area contributed by atoms with Crippen LogP contribution in [0.3, 0.4) is 0 Å². The van der Waals surface area contributed by atoms with E-state index < -0.39 is 5.76 Å². The number of thioether (sulfide) groups is 1. The van der Waals surface area contributed by atoms with Crippen molar-refractivity contribution in [3.8, 4) is 0 Å². The van der Waals surface area contributed by atoms with Crippen LogP contribution in [0, 0.1) is 11.3 Å². The molecule has 2 aliphatic rings. The van der Waals surface area contributed by atoms with Crippen LogP contribution >= 0.6 is 11.8 Å². The summed E-state index contributed by atoms with van der Waals surface area (Å²) < 4.78 is 31.0. The van der Waals surface area contributed by atoms with Crippen LogP contribution in [0.1, 0.15) is 20.3 Å². The number of halogens is 2. The number of alkyl halides is 2. The summed E-state index contributed by atoms with van der Waals surface area (Å²) in [7, 11) is 0. The van der Waals surface area contributed by atoms with Crippen LogP contribution in [0.2, 0.25) is 0 Å². The van der Waals surface area contributed by atoms with Crippen molar-refractivity contribution in [2.45, 2.75) is 43.1 Å². The van der Waals surface area contributed by atoms with Crippen molar-refractivity contribution in [1.82, 2.24) is 0 Å². The first-order valence-electron chi connectivity index (χ1n) is 6.92. The summed E-state index contributed by atoms with van der Waals surface area (Å²) in [6.45, 7) is 5.17. The maximum absolute atomic E-state index is 12.6. The largest absolute Gasteiger partial charge is 0.380 e. The summed E-state index contributed by atoms with van der Waals surface area (Å²) >= 11 is 0.600. The van der Waals surface area contributed by atoms with Crippen molar-refractivity contribution < 1.29 is 13.5 Å². The topological polar surface area (TPSA) is 21.3 Å². The van der Waals surface area contributed by atoms with E-state index in [2.05, 4.69) is 19.2 Å². The van der Waals surface area contributed by atoms with E-state index in [0.29, 0.717) is 28.7 Å². The fourth-order valence-corrected chi connectivity index (χ4v) is 4.17. The van der Waals surface area contributed by atoms with E-state index in [1.807, 2.05) is 12.1 Å². The Morgan fingerprint density at radius 3 is 2.85 bits per heavy atom. The summed E-state index contributed by atoms with van der Waals surface area (Å²) in [5.74, 6) is -1.90. The number of anilines is 1. The second kappa shape index (κ2) is 5.19. The van der Waals surface area contributed by atoms with E-state index in [9.17, 15) is 8.78 Å². The number of hydrogen-bond donors (Lipinski definition) is 1. The number of para-hydroxylation sites is 1. The van der Waals surface area contributed by atoms with Crippen LogP contribution in [0.5, 0.6) is 0 Å². The second-order valence-corrected chi connectivity index (χ2v) is 7.09. The van der Waals surface area contributed by atoms with Crippen LogP contribution in [0.4, 0.5) is 14.5 Å². The lowest BCUT2D eigenvalue weighted by molar-refractivity contribution is -0.0923. The van der Waals surface area contributed by atoms with Crippen molar-refractivity contribution >= 4 is 17.4 Å². The van der Waals surface area contributed by atoms with Crippen LogP contribution in [0.25, 0.3) is 0 Å². The normalized spacial score (nSPS) is 30.9. The molecule has 1 N–H and O–H groups in total. The first-order chi connectivity index (χ1) is 9.50. The third kappa shape index (κ3) is 2.31. The molecule has 3 atom stereocenters. The van der Waals surface area contributed by atoms with Gasteiger partial charge in [-0.15, -0.1) is 0 Å². The molecule has 0 aromatic heterocycles. The zero-order valence-corrected chi connectivity index (χ0v) is 12.4. The van der Waals surface area contributed by atoms with Gasteiger partial charge in [0.15, 0.2) is 0 Å². The Morgan fingerprint density at radius 1 is 1.35 bits per heavy atom. The quantitative estimate of drug-likeness (QED) is 0.841. The molecule has 1 saturated carbocycles. The van der Waals surface area contributed by atoms with E-state index in [1.165, 1.54) is 0 Å². The highest BCUT2D eigenvalue weighted by Gasteiger charge is 2.59. The van der Waals surface area contributed by atoms with Gasteiger partial charge < -0.3 is 10.1 Å². The zero-order valence-electron chi connectivity index (χ0n) is 11.6. The second-order valence-electron chi connectivity index (χ2n) is 6.06. The fourth-order valence-electron chi connectivity index (χ4n) is 3.57. The Hall–Kier alpha value is -0.810. The van der Waals surface area contributed by atoms with E-state index in [1.54, 1.807) is 12.1 Å². The van der Waals surface area contributed by atoms with Crippen LogP contribution < -0.4 is 5.32 Å². The molecular weight excluding hydrogens is 280 g/mol. The molecule has 1 aromatic carbocycles. The van der Waals surface area contributed by atoms with Gasteiger partial charge in [0, 0.05) is 34.6 Å². The highest BCUT2D eigenvalue weighted by Crippen LogP contribution is 2.53. The molecule has 0 amide bonds. The lowest BCUT2D eigenvalue weighted by Crippen LogP contribution is -2.63. The molecule has 2 nitrogen and oxygen atoms in total. The molecular formula is C15H19F2NOS. The average molecular weight is 299 g/mol. The Kier molecular flexibility index (Phi) is 3.67. The van der Waals surface area contributed by atoms with Crippen LogP contribution in [0.15, 0.2) is 29.2 Å². The summed E-state index contributed by atoms with van der Waals surface area (Å²) in [6.07, 6.45) is 1.35. The van der Waals surface area contributed by atoms with Gasteiger partial charge in [-0.05, 0) is 18.6 Å². The maximum atomic E-state index is 12.6. The Bertz CT molecular complexity index is 495. The number of benzene rings is 1. The molecule has 0 bridgehead atoms. The molecule has 3 unspecified atom stereocenters. The van der Waals surface area contributed by atoms with Gasteiger partial charge in [0.05, 0.1) is 6.10 Å². The number of nitrogens with one attached hydrogen (secondary N) is 1. The van der Waals surface area contributed by atoms with E-state index in [0.717, 1.165) is 18.7 Å². The van der Waals surface area contributed by atoms with E-state index in [-0.39, 0.29) is 11.5 Å². The summed E-state index contributed by atoms with van der Waals surface area (Å²) in [6, 6.07) is 7.58. The van der Waals surface area contributed by atoms with Crippen LogP contribution in [-0.2, 0) is 4.74 Å². The number of fused-ring (bicyclic) bond motifs is 1. The standard InChI is InChI=1S/C15H19F2NOS/c1-15(2)12(9-7-8-19-13(9)15)18-10-5-3-4-6-11(10)20-14(16)17/h3-6,9,12-14,18H,7-8H2,1-2H3. The third-order valence-corrected chi connectivity index (χ3v) is 5.30. The molecule has 0 radical (unpaired) electrons. The predicted octanol–water partition coefficient (Wildman–Crippen LogP) is 4.23. The van der Waals surface area contributed by atoms with Gasteiger partial charge in [-0.1, -0.05) is 37.7 Å². The molecule has 20 heavy (non-hydrogen) atoms. The van der Waals surface area contributed by atoms with Crippen molar-refractivity contribution in [3.05, 3.63) is 24.3 Å². The molecule has 5 heteroatoms. The first-order valence-corrected chi connectivity index (χ1v) is 7.80. The van der Waals surface area contributed by atoms with Gasteiger partial charge in [-0.25, -0.2) is 0 Å². The highest BCUT2D eigenvalue weighted by molar-refractivity contribution is 7.99. The third-order valence-electron chi connectivity index (χ3n) is 4.51. The molecule has 3 rings (SSSR count). The fraction of sp³-hybridized carbons (Fsp3) is 0.600. The molecule has 1 aromatic rings. The zero-order chi connectivity index (χ0) is 14.3. The Morgan fingerprint density at radius 2 is 2.10 bits per heavy atom. The highest BCUT2D eigenvalue weighted by atomic mass is 32.2. The molecule has 2 fully saturated rings. The van der Waals surface area contributed by atoms with Crippen molar-refractivity contribution in [2.75, 3.05) is 11.9 Å². The van der Waals surface area contributed by atoms with E-state index in [4.69, 9.17) is 4.74 Å². The molecule has 1 saturated heterocycles. The number of rotatable bonds is 4. The minimum Gasteiger partial charge on any atom is -0.380 e. The minimum absolute atomic E-state index is 0.0454. The average Bonchev–Trinajstić information content (AvgIpc) is 2.83. The summed E-state index contributed by atoms with van der Waals surface area (Å²) in [5.41, 5.74) is 0.852. The van der Waals surface area contributed by atoms with Crippen molar-refractivity contribution in [3.63, 3.8) is 0 Å². The molecule has 0 spiro atoms. The number of ether oxygens (including phenoxy) is 1. The minimum atomic E-state index is -2.39. The lowest BCUT2D eigenvalue weighted by atomic mass is 9.57. The van der Waals surface area contributed by atoms with Crippen LogP contribution in [-0.4, -0.2) is 24.5 Å². The Labute approximate surface area is 122 Å². The molecule has 1 aliphatic carbocycles. The first kappa shape index (κ1) is 14.1. The molecule has 110 valence electrons. The predicted molar refractivity (Wildman–Crippen MR) is 77.3 cm³/mol. The van der Waals surface area contributed by atoms with Gasteiger partial charge in [-0.2, -0.15) is 8.78 Å². The van der Waals surface area contributed by atoms with Gasteiger partial charge in [0.25, 0.3) is 5.76 Å². The monoisotopic (exact) mass is 299 g/mol. The van der Waals surface area contributed by atoms with Gasteiger partial charge in [-0.3, -0.25) is 0 Å². The molecule has 1 heterocycles. The van der Waals surface area contributed by atoms with E-state index >= 15 is 0 Å². The van der Waals surface area contributed by atoms with Gasteiger partial charge in [0.1, 0.15) is 0 Å². The van der Waals surface area contributed by atoms with Crippen molar-refractivity contribution in [1.29, 1.82) is 0 Å². The Balaban J connectivity index is 1.78. The summed E-state index contributed by atoms with van der Waals surface area (Å²) in [5, 5.41) is 3.48. The van der Waals surface area contributed by atoms with Crippen molar-refractivity contribution in [2.24, 2.45) is 11.3 Å². The lowest BCUT2D eigenvalue weighted by Gasteiger charge is -2.55. The molecule has 1 aliphatic heterocycles. The van der Waals surface area contributed by atoms with Gasteiger partial charge in [0.2, 0.25) is 0 Å². The van der Waals surface area contributed by atoms with Gasteiger partial charge >= 0.3 is 0 Å².